The van der Waals surface area contributed by atoms with Crippen LogP contribution in [0.2, 0.25) is 0 Å². The van der Waals surface area contributed by atoms with Gasteiger partial charge < -0.3 is 9.67 Å². The number of aromatic hydroxyl groups is 1. The summed E-state index contributed by atoms with van der Waals surface area (Å²) >= 11 is 3.50. The van der Waals surface area contributed by atoms with Crippen molar-refractivity contribution in [1.29, 1.82) is 0 Å². The van der Waals surface area contributed by atoms with E-state index >= 15 is 0 Å². The summed E-state index contributed by atoms with van der Waals surface area (Å²) in [6.45, 7) is 0. The van der Waals surface area contributed by atoms with Gasteiger partial charge in [-0.25, -0.2) is 0 Å². The van der Waals surface area contributed by atoms with Crippen LogP contribution < -0.4 is 0 Å². The SMILES string of the molecule is O=C1C[C@H](c2ccccc2)Cc2c1cc(-c1ccc(Br)cc1)n2-c1cccc(O)c1. The average Bonchev–Trinajstić information content (AvgIpc) is 3.15. The highest BCUT2D eigenvalue weighted by Gasteiger charge is 2.31. The Bertz CT molecular complexity index is 1230. The third-order valence-electron chi connectivity index (χ3n) is 5.77. The topological polar surface area (TPSA) is 42.2 Å². The lowest BCUT2D eigenvalue weighted by atomic mass is 9.82. The first-order valence-corrected chi connectivity index (χ1v) is 10.8. The molecular weight excluding hydrogens is 438 g/mol. The summed E-state index contributed by atoms with van der Waals surface area (Å²) < 4.78 is 3.14. The Labute approximate surface area is 183 Å². The first-order valence-electron chi connectivity index (χ1n) is 9.98. The molecule has 1 aliphatic carbocycles. The highest BCUT2D eigenvalue weighted by molar-refractivity contribution is 9.10. The largest absolute Gasteiger partial charge is 0.508 e. The van der Waals surface area contributed by atoms with E-state index in [0.29, 0.717) is 6.42 Å². The smallest absolute Gasteiger partial charge is 0.165 e. The number of nitrogens with zero attached hydrogens (tertiary/aromatic N) is 1. The lowest BCUT2D eigenvalue weighted by Crippen LogP contribution is -2.20. The first kappa shape index (κ1) is 18.9. The summed E-state index contributed by atoms with van der Waals surface area (Å²) in [5, 5.41) is 10.1. The van der Waals surface area contributed by atoms with Gasteiger partial charge >= 0.3 is 0 Å². The zero-order valence-corrected chi connectivity index (χ0v) is 17.8. The van der Waals surface area contributed by atoms with E-state index in [9.17, 15) is 9.90 Å². The van der Waals surface area contributed by atoms with Crippen molar-refractivity contribution in [2.75, 3.05) is 0 Å². The van der Waals surface area contributed by atoms with Gasteiger partial charge in [0.2, 0.25) is 0 Å². The van der Waals surface area contributed by atoms with Gasteiger partial charge in [-0.05, 0) is 53.8 Å². The quantitative estimate of drug-likeness (QED) is 0.380. The van der Waals surface area contributed by atoms with Gasteiger partial charge in [-0.1, -0.05) is 64.5 Å². The molecule has 0 unspecified atom stereocenters. The van der Waals surface area contributed by atoms with E-state index in [4.69, 9.17) is 0 Å². The molecule has 1 heterocycles. The number of hydrogen-bond donors (Lipinski definition) is 1. The van der Waals surface area contributed by atoms with Crippen molar-refractivity contribution in [3.05, 3.63) is 106 Å². The summed E-state index contributed by atoms with van der Waals surface area (Å²) in [5.41, 5.74) is 5.81. The molecule has 3 aromatic carbocycles. The fourth-order valence-corrected chi connectivity index (χ4v) is 4.62. The minimum Gasteiger partial charge on any atom is -0.508 e. The van der Waals surface area contributed by atoms with Crippen LogP contribution >= 0.6 is 15.9 Å². The molecular formula is C26H20BrNO2. The fraction of sp³-hybridized carbons (Fsp3) is 0.115. The Hall–Kier alpha value is -3.11. The van der Waals surface area contributed by atoms with E-state index in [0.717, 1.165) is 39.1 Å². The number of phenols is 1. The van der Waals surface area contributed by atoms with Crippen LogP contribution in [0.25, 0.3) is 16.9 Å². The highest BCUT2D eigenvalue weighted by Crippen LogP contribution is 2.39. The molecule has 0 bridgehead atoms. The monoisotopic (exact) mass is 457 g/mol. The fourth-order valence-electron chi connectivity index (χ4n) is 4.35. The lowest BCUT2D eigenvalue weighted by molar-refractivity contribution is 0.0963. The Morgan fingerprint density at radius 1 is 0.867 bits per heavy atom. The summed E-state index contributed by atoms with van der Waals surface area (Å²) in [6.07, 6.45) is 1.29. The van der Waals surface area contributed by atoms with Gasteiger partial charge in [0.1, 0.15) is 5.75 Å². The molecule has 4 heteroatoms. The third-order valence-corrected chi connectivity index (χ3v) is 6.30. The van der Waals surface area contributed by atoms with E-state index in [2.05, 4.69) is 32.6 Å². The highest BCUT2D eigenvalue weighted by atomic mass is 79.9. The van der Waals surface area contributed by atoms with Gasteiger partial charge in [-0.2, -0.15) is 0 Å². The van der Waals surface area contributed by atoms with Crippen molar-refractivity contribution in [2.24, 2.45) is 0 Å². The Kier molecular flexibility index (Phi) is 4.80. The van der Waals surface area contributed by atoms with Crippen molar-refractivity contribution in [1.82, 2.24) is 4.57 Å². The van der Waals surface area contributed by atoms with Crippen LogP contribution in [-0.4, -0.2) is 15.5 Å². The number of ketones is 1. The minimum atomic E-state index is 0.148. The summed E-state index contributed by atoms with van der Waals surface area (Å²) in [5.74, 6) is 0.524. The molecule has 30 heavy (non-hydrogen) atoms. The number of carbonyl (C=O) groups excluding carboxylic acids is 1. The maximum absolute atomic E-state index is 13.1. The van der Waals surface area contributed by atoms with Crippen LogP contribution in [0.4, 0.5) is 0 Å². The van der Waals surface area contributed by atoms with Gasteiger partial charge in [0.05, 0.1) is 5.69 Å². The summed E-state index contributed by atoms with van der Waals surface area (Å²) in [7, 11) is 0. The Balaban J connectivity index is 1.71. The lowest BCUT2D eigenvalue weighted by Gasteiger charge is -2.24. The number of rotatable bonds is 3. The number of fused-ring (bicyclic) bond motifs is 1. The number of aromatic nitrogens is 1. The molecule has 5 rings (SSSR count). The van der Waals surface area contributed by atoms with E-state index in [1.807, 2.05) is 60.7 Å². The first-order chi connectivity index (χ1) is 14.6. The molecule has 1 aromatic heterocycles. The number of phenolic OH excluding ortho intramolecular Hbond substituents is 1. The molecule has 0 amide bonds. The van der Waals surface area contributed by atoms with Gasteiger partial charge in [-0.15, -0.1) is 0 Å². The minimum absolute atomic E-state index is 0.148. The van der Waals surface area contributed by atoms with Gasteiger partial charge in [0, 0.05) is 33.9 Å². The normalized spacial score (nSPS) is 15.8. The van der Waals surface area contributed by atoms with Crippen LogP contribution in [-0.2, 0) is 6.42 Å². The molecule has 0 saturated carbocycles. The number of Topliss-reactive ketones (excluding diaryl/α,β-unsaturated/α-hetero) is 1. The second-order valence-electron chi connectivity index (χ2n) is 7.69. The van der Waals surface area contributed by atoms with Gasteiger partial charge in [0.15, 0.2) is 5.78 Å². The molecule has 0 saturated heterocycles. The van der Waals surface area contributed by atoms with Crippen LogP contribution in [0.3, 0.4) is 0 Å². The molecule has 0 fully saturated rings. The number of carbonyl (C=O) groups is 1. The van der Waals surface area contributed by atoms with E-state index < -0.39 is 0 Å². The van der Waals surface area contributed by atoms with Gasteiger partial charge in [0.25, 0.3) is 0 Å². The van der Waals surface area contributed by atoms with Crippen molar-refractivity contribution < 1.29 is 9.90 Å². The third kappa shape index (κ3) is 3.37. The van der Waals surface area contributed by atoms with Crippen LogP contribution in [0, 0.1) is 0 Å². The van der Waals surface area contributed by atoms with Crippen LogP contribution in [0.5, 0.6) is 5.75 Å². The molecule has 0 spiro atoms. The second kappa shape index (κ2) is 7.62. The van der Waals surface area contributed by atoms with E-state index in [1.54, 1.807) is 12.1 Å². The average molecular weight is 458 g/mol. The number of benzene rings is 3. The predicted octanol–water partition coefficient (Wildman–Crippen LogP) is 6.53. The molecule has 1 N–H and O–H groups in total. The van der Waals surface area contributed by atoms with Crippen LogP contribution in [0.15, 0.2) is 89.4 Å². The molecule has 0 aliphatic heterocycles. The van der Waals surface area contributed by atoms with Gasteiger partial charge in [-0.3, -0.25) is 4.79 Å². The van der Waals surface area contributed by atoms with E-state index in [1.165, 1.54) is 5.56 Å². The molecule has 1 atom stereocenters. The van der Waals surface area contributed by atoms with Crippen LogP contribution in [0.1, 0.15) is 34.0 Å². The predicted molar refractivity (Wildman–Crippen MR) is 122 cm³/mol. The number of hydrogen-bond acceptors (Lipinski definition) is 2. The van der Waals surface area contributed by atoms with E-state index in [-0.39, 0.29) is 17.5 Å². The Morgan fingerprint density at radius 2 is 1.63 bits per heavy atom. The molecule has 0 radical (unpaired) electrons. The Morgan fingerprint density at radius 3 is 2.37 bits per heavy atom. The maximum atomic E-state index is 13.1. The van der Waals surface area contributed by atoms with Crippen molar-refractivity contribution in [3.8, 4) is 22.7 Å². The molecule has 1 aliphatic rings. The second-order valence-corrected chi connectivity index (χ2v) is 8.61. The maximum Gasteiger partial charge on any atom is 0.165 e. The zero-order valence-electron chi connectivity index (χ0n) is 16.3. The van der Waals surface area contributed by atoms with Crippen molar-refractivity contribution in [3.63, 3.8) is 0 Å². The molecule has 4 aromatic rings. The molecule has 148 valence electrons. The number of halogens is 1. The zero-order chi connectivity index (χ0) is 20.7. The van der Waals surface area contributed by atoms with Crippen molar-refractivity contribution in [2.45, 2.75) is 18.8 Å². The summed E-state index contributed by atoms with van der Waals surface area (Å²) in [6, 6.07) is 27.6. The summed E-state index contributed by atoms with van der Waals surface area (Å²) in [4.78, 5) is 13.1. The molecule has 3 nitrogen and oxygen atoms in total. The van der Waals surface area contributed by atoms with Crippen molar-refractivity contribution >= 4 is 21.7 Å². The standard InChI is InChI=1S/C26H20BrNO2/c27-20-11-9-18(10-12-20)24-16-23-25(28(24)21-7-4-8-22(29)15-21)13-19(14-26(23)30)17-5-2-1-3-6-17/h1-12,15-16,19,29H,13-14H2/t19-/m1/s1.